The number of rotatable bonds is 7. The van der Waals surface area contributed by atoms with Crippen LogP contribution < -0.4 is 4.74 Å². The second-order valence-corrected chi connectivity index (χ2v) is 10.5. The van der Waals surface area contributed by atoms with Crippen molar-refractivity contribution >= 4 is 0 Å². The van der Waals surface area contributed by atoms with Crippen molar-refractivity contribution in [2.45, 2.75) is 96.5 Å². The average Bonchev–Trinajstić information content (AvgIpc) is 2.79. The first-order chi connectivity index (χ1) is 15.1. The molecular weight excluding hydrogens is 390 g/mol. The maximum atomic E-state index is 12.4. The first-order valence-corrected chi connectivity index (χ1v) is 12.8. The SMILES string of the molecule is C/C=C/CCC1CCC2CC(C3CCC(c4ccc(OC(F)F)cc4)CC3)CCC2C1. The second-order valence-electron chi connectivity index (χ2n) is 10.5. The lowest BCUT2D eigenvalue weighted by atomic mass is 9.60. The van der Waals surface area contributed by atoms with Gasteiger partial charge < -0.3 is 4.74 Å². The van der Waals surface area contributed by atoms with E-state index in [0.29, 0.717) is 5.92 Å². The molecule has 3 fully saturated rings. The Bertz CT molecular complexity index is 689. The molecule has 1 nitrogen and oxygen atoms in total. The summed E-state index contributed by atoms with van der Waals surface area (Å²) in [7, 11) is 0. The summed E-state index contributed by atoms with van der Waals surface area (Å²) in [5.41, 5.74) is 1.29. The number of hydrogen-bond acceptors (Lipinski definition) is 1. The topological polar surface area (TPSA) is 9.23 Å². The number of hydrogen-bond donors (Lipinski definition) is 0. The fourth-order valence-electron chi connectivity index (χ4n) is 7.06. The Kier molecular flexibility index (Phi) is 8.07. The molecule has 3 aliphatic rings. The maximum absolute atomic E-state index is 12.4. The molecule has 3 saturated carbocycles. The van der Waals surface area contributed by atoms with Crippen LogP contribution in [0.1, 0.15) is 95.5 Å². The van der Waals surface area contributed by atoms with E-state index in [4.69, 9.17) is 0 Å². The minimum Gasteiger partial charge on any atom is -0.435 e. The third kappa shape index (κ3) is 6.11. The van der Waals surface area contributed by atoms with E-state index in [9.17, 15) is 8.78 Å². The molecule has 0 bridgehead atoms. The standard InChI is InChI=1S/C28H40F2O/c1-2-3-4-5-20-6-7-26-19-25(13-12-24(26)18-20)23-10-8-21(9-11-23)22-14-16-27(17-15-22)31-28(29)30/h2-3,14-17,20-21,23-26,28H,4-13,18-19H2,1H3/b3-2+. The lowest BCUT2D eigenvalue weighted by molar-refractivity contribution is -0.0498. The van der Waals surface area contributed by atoms with Gasteiger partial charge in [-0.2, -0.15) is 8.78 Å². The van der Waals surface area contributed by atoms with Gasteiger partial charge in [0.15, 0.2) is 0 Å². The average molecular weight is 431 g/mol. The molecule has 0 amide bonds. The normalized spacial score (nSPS) is 34.1. The molecule has 3 aliphatic carbocycles. The summed E-state index contributed by atoms with van der Waals surface area (Å²) in [4.78, 5) is 0. The van der Waals surface area contributed by atoms with E-state index in [1.807, 2.05) is 12.1 Å². The van der Waals surface area contributed by atoms with Crippen LogP contribution in [0, 0.1) is 29.6 Å². The monoisotopic (exact) mass is 430 g/mol. The quantitative estimate of drug-likeness (QED) is 0.393. The molecule has 4 atom stereocenters. The molecule has 0 radical (unpaired) electrons. The predicted octanol–water partition coefficient (Wildman–Crippen LogP) is 8.75. The minimum absolute atomic E-state index is 0.265. The molecule has 1 aromatic carbocycles. The van der Waals surface area contributed by atoms with E-state index in [1.54, 1.807) is 12.1 Å². The van der Waals surface area contributed by atoms with Gasteiger partial charge in [-0.25, -0.2) is 0 Å². The fourth-order valence-corrected chi connectivity index (χ4v) is 7.06. The van der Waals surface area contributed by atoms with Crippen LogP contribution in [0.3, 0.4) is 0 Å². The first-order valence-electron chi connectivity index (χ1n) is 12.8. The lowest BCUT2D eigenvalue weighted by Crippen LogP contribution is -2.34. The van der Waals surface area contributed by atoms with Gasteiger partial charge in [0.1, 0.15) is 5.75 Å². The Morgan fingerprint density at radius 2 is 1.45 bits per heavy atom. The molecule has 0 aromatic heterocycles. The fraction of sp³-hybridized carbons (Fsp3) is 0.714. The number of fused-ring (bicyclic) bond motifs is 1. The van der Waals surface area contributed by atoms with Gasteiger partial charge in [-0.15, -0.1) is 0 Å². The molecule has 0 saturated heterocycles. The highest BCUT2D eigenvalue weighted by Gasteiger charge is 2.38. The van der Waals surface area contributed by atoms with Gasteiger partial charge in [0.25, 0.3) is 0 Å². The van der Waals surface area contributed by atoms with Crippen LogP contribution >= 0.6 is 0 Å². The molecule has 1 aromatic rings. The van der Waals surface area contributed by atoms with E-state index in [0.717, 1.165) is 29.6 Å². The number of ether oxygens (including phenoxy) is 1. The highest BCUT2D eigenvalue weighted by Crippen LogP contribution is 2.50. The van der Waals surface area contributed by atoms with Crippen molar-refractivity contribution in [3.05, 3.63) is 42.0 Å². The molecule has 4 unspecified atom stereocenters. The van der Waals surface area contributed by atoms with Crippen LogP contribution in [0.5, 0.6) is 5.75 Å². The summed E-state index contributed by atoms with van der Waals surface area (Å²) in [6.07, 6.45) is 21.2. The van der Waals surface area contributed by atoms with E-state index in [-0.39, 0.29) is 5.75 Å². The number of alkyl halides is 2. The summed E-state index contributed by atoms with van der Waals surface area (Å²) >= 11 is 0. The Hall–Kier alpha value is -1.38. The smallest absolute Gasteiger partial charge is 0.387 e. The van der Waals surface area contributed by atoms with Crippen LogP contribution in [0.25, 0.3) is 0 Å². The zero-order valence-electron chi connectivity index (χ0n) is 19.2. The molecule has 31 heavy (non-hydrogen) atoms. The number of allylic oxidation sites excluding steroid dienone is 2. The van der Waals surface area contributed by atoms with Crippen LogP contribution in [0.2, 0.25) is 0 Å². The van der Waals surface area contributed by atoms with Crippen molar-refractivity contribution in [3.63, 3.8) is 0 Å². The summed E-state index contributed by atoms with van der Waals surface area (Å²) in [6.45, 7) is -0.614. The van der Waals surface area contributed by atoms with Gasteiger partial charge in [-0.1, -0.05) is 30.7 Å². The first kappa shape index (κ1) is 22.8. The predicted molar refractivity (Wildman–Crippen MR) is 123 cm³/mol. The van der Waals surface area contributed by atoms with E-state index in [2.05, 4.69) is 23.8 Å². The largest absolute Gasteiger partial charge is 0.435 e. The van der Waals surface area contributed by atoms with Crippen molar-refractivity contribution < 1.29 is 13.5 Å². The van der Waals surface area contributed by atoms with Crippen LogP contribution in [-0.2, 0) is 0 Å². The summed E-state index contributed by atoms with van der Waals surface area (Å²) in [6, 6.07) is 7.37. The zero-order chi connectivity index (χ0) is 21.6. The number of halogens is 2. The van der Waals surface area contributed by atoms with E-state index < -0.39 is 6.61 Å². The van der Waals surface area contributed by atoms with Crippen molar-refractivity contribution in [3.8, 4) is 5.75 Å². The van der Waals surface area contributed by atoms with Crippen molar-refractivity contribution in [1.29, 1.82) is 0 Å². The van der Waals surface area contributed by atoms with E-state index in [1.165, 1.54) is 82.6 Å². The minimum atomic E-state index is -2.75. The van der Waals surface area contributed by atoms with Gasteiger partial charge in [0.2, 0.25) is 0 Å². The van der Waals surface area contributed by atoms with Gasteiger partial charge >= 0.3 is 6.61 Å². The highest BCUT2D eigenvalue weighted by molar-refractivity contribution is 5.29. The molecule has 172 valence electrons. The molecule has 0 heterocycles. The van der Waals surface area contributed by atoms with Crippen LogP contribution in [0.15, 0.2) is 36.4 Å². The maximum Gasteiger partial charge on any atom is 0.387 e. The van der Waals surface area contributed by atoms with Gasteiger partial charge in [-0.3, -0.25) is 0 Å². The van der Waals surface area contributed by atoms with Crippen molar-refractivity contribution in [1.82, 2.24) is 0 Å². The van der Waals surface area contributed by atoms with Crippen molar-refractivity contribution in [2.24, 2.45) is 29.6 Å². The van der Waals surface area contributed by atoms with Crippen LogP contribution in [0.4, 0.5) is 8.78 Å². The Morgan fingerprint density at radius 3 is 2.13 bits per heavy atom. The molecule has 4 rings (SSSR count). The molecule has 0 spiro atoms. The van der Waals surface area contributed by atoms with Crippen molar-refractivity contribution in [2.75, 3.05) is 0 Å². The Labute approximate surface area is 187 Å². The van der Waals surface area contributed by atoms with Gasteiger partial charge in [0, 0.05) is 0 Å². The molecule has 0 aliphatic heterocycles. The Morgan fingerprint density at radius 1 is 0.839 bits per heavy atom. The molecule has 3 heteroatoms. The summed E-state index contributed by atoms with van der Waals surface area (Å²) < 4.78 is 29.2. The van der Waals surface area contributed by atoms with Gasteiger partial charge in [0.05, 0.1) is 0 Å². The Balaban J connectivity index is 1.22. The molecule has 0 N–H and O–H groups in total. The third-order valence-electron chi connectivity index (χ3n) is 8.75. The van der Waals surface area contributed by atoms with Gasteiger partial charge in [-0.05, 0) is 131 Å². The van der Waals surface area contributed by atoms with Crippen LogP contribution in [-0.4, -0.2) is 6.61 Å². The van der Waals surface area contributed by atoms with E-state index >= 15 is 0 Å². The second kappa shape index (κ2) is 11.0. The zero-order valence-corrected chi connectivity index (χ0v) is 19.2. The summed E-state index contributed by atoms with van der Waals surface area (Å²) in [5.74, 6) is 5.68. The molecular formula is C28H40F2O. The lowest BCUT2D eigenvalue weighted by Gasteiger charge is -2.45. The third-order valence-corrected chi connectivity index (χ3v) is 8.75. The highest BCUT2D eigenvalue weighted by atomic mass is 19.3. The number of benzene rings is 1. The summed E-state index contributed by atoms with van der Waals surface area (Å²) in [5, 5.41) is 0.